The van der Waals surface area contributed by atoms with Gasteiger partial charge in [-0.3, -0.25) is 0 Å². The molecular weight excluding hydrogens is 180 g/mol. The molecule has 15 heavy (non-hydrogen) atoms. The Morgan fingerprint density at radius 2 is 2.20 bits per heavy atom. The summed E-state index contributed by atoms with van der Waals surface area (Å²) in [5, 5.41) is 0. The van der Waals surface area contributed by atoms with Gasteiger partial charge in [0.15, 0.2) is 0 Å². The minimum atomic E-state index is 0.667. The van der Waals surface area contributed by atoms with Crippen molar-refractivity contribution < 1.29 is 0 Å². The second-order valence-electron chi connectivity index (χ2n) is 6.03. The molecule has 0 radical (unpaired) electrons. The molecule has 0 aromatic rings. The summed E-state index contributed by atoms with van der Waals surface area (Å²) in [6, 6.07) is 0. The van der Waals surface area contributed by atoms with Gasteiger partial charge in [0.1, 0.15) is 0 Å². The molecule has 1 fully saturated rings. The Labute approximate surface area is 94.5 Å². The third kappa shape index (κ3) is 2.04. The molecule has 2 aliphatic carbocycles. The van der Waals surface area contributed by atoms with Gasteiger partial charge in [0, 0.05) is 0 Å². The number of hydrogen-bond acceptors (Lipinski definition) is 0. The predicted molar refractivity (Wildman–Crippen MR) is 66.7 cm³/mol. The zero-order chi connectivity index (χ0) is 11.1. The average Bonchev–Trinajstić information content (AvgIpc) is 2.71. The molecule has 0 nitrogen and oxygen atoms in total. The molecule has 0 aromatic heterocycles. The van der Waals surface area contributed by atoms with Crippen molar-refractivity contribution in [3.63, 3.8) is 0 Å². The van der Waals surface area contributed by atoms with Gasteiger partial charge in [0.25, 0.3) is 0 Å². The largest absolute Gasteiger partial charge is 0.0859 e. The number of fused-ring (bicyclic) bond motifs is 1. The number of allylic oxidation sites excluding steroid dienone is 4. The molecule has 0 bridgehead atoms. The van der Waals surface area contributed by atoms with E-state index < -0.39 is 0 Å². The second kappa shape index (κ2) is 3.81. The highest BCUT2D eigenvalue weighted by atomic mass is 14.6. The summed E-state index contributed by atoms with van der Waals surface area (Å²) in [6.07, 6.45) is 10.3. The standard InChI is InChI=1S/C15H24/c1-11(2)6-5-9-15(4)13-8-7-12(3)10-14(13)15/h6-7,13-14H,5,8-10H2,1-4H3/t13-,14+,15-/m0/s1. The highest BCUT2D eigenvalue weighted by Gasteiger charge is 2.59. The minimum Gasteiger partial charge on any atom is -0.0859 e. The molecule has 0 saturated heterocycles. The van der Waals surface area contributed by atoms with Crippen LogP contribution in [0.15, 0.2) is 23.3 Å². The Kier molecular flexibility index (Phi) is 2.79. The minimum absolute atomic E-state index is 0.667. The highest BCUT2D eigenvalue weighted by Crippen LogP contribution is 2.67. The van der Waals surface area contributed by atoms with Crippen LogP contribution in [0.2, 0.25) is 0 Å². The van der Waals surface area contributed by atoms with Crippen LogP contribution in [0.3, 0.4) is 0 Å². The summed E-state index contributed by atoms with van der Waals surface area (Å²) in [5.74, 6) is 2.01. The van der Waals surface area contributed by atoms with Crippen molar-refractivity contribution in [1.82, 2.24) is 0 Å². The van der Waals surface area contributed by atoms with Crippen LogP contribution in [-0.2, 0) is 0 Å². The lowest BCUT2D eigenvalue weighted by Gasteiger charge is -2.09. The van der Waals surface area contributed by atoms with Crippen LogP contribution in [0.4, 0.5) is 0 Å². The van der Waals surface area contributed by atoms with Gasteiger partial charge >= 0.3 is 0 Å². The fraction of sp³-hybridized carbons (Fsp3) is 0.733. The first-order valence-corrected chi connectivity index (χ1v) is 6.33. The van der Waals surface area contributed by atoms with E-state index in [1.165, 1.54) is 31.3 Å². The van der Waals surface area contributed by atoms with Gasteiger partial charge in [-0.2, -0.15) is 0 Å². The predicted octanol–water partition coefficient (Wildman–Crippen LogP) is 4.73. The Morgan fingerprint density at radius 1 is 1.47 bits per heavy atom. The summed E-state index contributed by atoms with van der Waals surface area (Å²) in [7, 11) is 0. The maximum Gasteiger partial charge on any atom is -0.0254 e. The fourth-order valence-corrected chi connectivity index (χ4v) is 3.37. The summed E-state index contributed by atoms with van der Waals surface area (Å²) >= 11 is 0. The summed E-state index contributed by atoms with van der Waals surface area (Å²) < 4.78 is 0. The Morgan fingerprint density at radius 3 is 2.80 bits per heavy atom. The Balaban J connectivity index is 1.88. The van der Waals surface area contributed by atoms with Crippen LogP contribution in [0.5, 0.6) is 0 Å². The molecule has 2 aliphatic rings. The molecular formula is C15H24. The lowest BCUT2D eigenvalue weighted by molar-refractivity contribution is 0.445. The first kappa shape index (κ1) is 11.0. The molecule has 0 amide bonds. The second-order valence-corrected chi connectivity index (χ2v) is 6.03. The van der Waals surface area contributed by atoms with Crippen LogP contribution in [-0.4, -0.2) is 0 Å². The highest BCUT2D eigenvalue weighted by molar-refractivity contribution is 5.20. The van der Waals surface area contributed by atoms with Crippen molar-refractivity contribution >= 4 is 0 Å². The summed E-state index contributed by atoms with van der Waals surface area (Å²) in [5.41, 5.74) is 3.76. The van der Waals surface area contributed by atoms with Crippen LogP contribution in [0.1, 0.15) is 53.4 Å². The lowest BCUT2D eigenvalue weighted by atomic mass is 9.96. The first-order chi connectivity index (χ1) is 7.04. The maximum atomic E-state index is 2.51. The lowest BCUT2D eigenvalue weighted by Crippen LogP contribution is -1.98. The van der Waals surface area contributed by atoms with Crippen molar-refractivity contribution in [2.75, 3.05) is 0 Å². The van der Waals surface area contributed by atoms with Gasteiger partial charge in [0.05, 0.1) is 0 Å². The van der Waals surface area contributed by atoms with E-state index in [9.17, 15) is 0 Å². The number of hydrogen-bond donors (Lipinski definition) is 0. The summed E-state index contributed by atoms with van der Waals surface area (Å²) in [6.45, 7) is 9.21. The molecule has 0 heteroatoms. The van der Waals surface area contributed by atoms with Crippen molar-refractivity contribution in [2.24, 2.45) is 17.3 Å². The SMILES string of the molecule is CC(C)=CCC[C@]1(C)[C@@H]2CC(C)=CC[C@@H]21. The topological polar surface area (TPSA) is 0 Å². The molecule has 2 rings (SSSR count). The maximum absolute atomic E-state index is 2.51. The fourth-order valence-electron chi connectivity index (χ4n) is 3.37. The molecule has 0 heterocycles. The van der Waals surface area contributed by atoms with E-state index in [4.69, 9.17) is 0 Å². The molecule has 0 spiro atoms. The third-order valence-corrected chi connectivity index (χ3v) is 4.57. The smallest absolute Gasteiger partial charge is 0.0254 e. The van der Waals surface area contributed by atoms with E-state index in [-0.39, 0.29) is 0 Å². The zero-order valence-corrected chi connectivity index (χ0v) is 10.6. The van der Waals surface area contributed by atoms with Crippen LogP contribution in [0, 0.1) is 17.3 Å². The molecule has 0 aromatic carbocycles. The van der Waals surface area contributed by atoms with E-state index in [0.29, 0.717) is 5.41 Å². The summed E-state index contributed by atoms with van der Waals surface area (Å²) in [4.78, 5) is 0. The monoisotopic (exact) mass is 204 g/mol. The molecule has 0 aliphatic heterocycles. The van der Waals surface area contributed by atoms with Gasteiger partial charge < -0.3 is 0 Å². The van der Waals surface area contributed by atoms with E-state index in [1.807, 2.05) is 0 Å². The quantitative estimate of drug-likeness (QED) is 0.583. The Hall–Kier alpha value is -0.520. The van der Waals surface area contributed by atoms with Crippen molar-refractivity contribution in [1.29, 1.82) is 0 Å². The van der Waals surface area contributed by atoms with Crippen LogP contribution in [0.25, 0.3) is 0 Å². The van der Waals surface area contributed by atoms with Crippen LogP contribution >= 0.6 is 0 Å². The Bertz CT molecular complexity index is 304. The van der Waals surface area contributed by atoms with Gasteiger partial charge in [0.2, 0.25) is 0 Å². The van der Waals surface area contributed by atoms with Crippen molar-refractivity contribution in [2.45, 2.75) is 53.4 Å². The molecule has 0 N–H and O–H groups in total. The van der Waals surface area contributed by atoms with Crippen LogP contribution < -0.4 is 0 Å². The molecule has 84 valence electrons. The van der Waals surface area contributed by atoms with Gasteiger partial charge in [-0.15, -0.1) is 0 Å². The van der Waals surface area contributed by atoms with E-state index >= 15 is 0 Å². The van der Waals surface area contributed by atoms with Crippen molar-refractivity contribution in [3.05, 3.63) is 23.3 Å². The van der Waals surface area contributed by atoms with Gasteiger partial charge in [-0.05, 0) is 63.7 Å². The van der Waals surface area contributed by atoms with Gasteiger partial charge in [-0.1, -0.05) is 30.2 Å². The zero-order valence-electron chi connectivity index (χ0n) is 10.6. The van der Waals surface area contributed by atoms with Gasteiger partial charge in [-0.25, -0.2) is 0 Å². The van der Waals surface area contributed by atoms with E-state index in [0.717, 1.165) is 11.8 Å². The molecule has 3 atom stereocenters. The van der Waals surface area contributed by atoms with E-state index in [1.54, 1.807) is 5.57 Å². The third-order valence-electron chi connectivity index (χ3n) is 4.57. The molecule has 0 unspecified atom stereocenters. The first-order valence-electron chi connectivity index (χ1n) is 6.33. The molecule has 1 saturated carbocycles. The average molecular weight is 204 g/mol. The number of rotatable bonds is 3. The van der Waals surface area contributed by atoms with Crippen molar-refractivity contribution in [3.8, 4) is 0 Å². The van der Waals surface area contributed by atoms with E-state index in [2.05, 4.69) is 39.8 Å². The normalized spacial score (nSPS) is 38.0.